The van der Waals surface area contributed by atoms with Crippen LogP contribution in [0.5, 0.6) is 5.75 Å². The second-order valence-electron chi connectivity index (χ2n) is 5.31. The molecule has 0 aliphatic carbocycles. The SMILES string of the molecule is O=c1[nH]nc2c3c(cccc13)OC(Cc1ccccc1)C2. The van der Waals surface area contributed by atoms with Gasteiger partial charge in [0.1, 0.15) is 11.9 Å². The van der Waals surface area contributed by atoms with Gasteiger partial charge in [0, 0.05) is 12.8 Å². The maximum atomic E-state index is 11.8. The molecule has 4 nitrogen and oxygen atoms in total. The molecule has 4 heteroatoms. The van der Waals surface area contributed by atoms with Crippen molar-refractivity contribution in [2.24, 2.45) is 0 Å². The van der Waals surface area contributed by atoms with E-state index in [9.17, 15) is 4.79 Å². The van der Waals surface area contributed by atoms with Crippen molar-refractivity contribution in [2.45, 2.75) is 18.9 Å². The van der Waals surface area contributed by atoms with Crippen molar-refractivity contribution in [3.8, 4) is 5.75 Å². The molecule has 0 bridgehead atoms. The molecule has 104 valence electrons. The molecule has 0 spiro atoms. The smallest absolute Gasteiger partial charge is 0.272 e. The molecule has 2 heterocycles. The molecule has 0 saturated heterocycles. The van der Waals surface area contributed by atoms with Gasteiger partial charge < -0.3 is 4.74 Å². The lowest BCUT2D eigenvalue weighted by Gasteiger charge is -2.25. The van der Waals surface area contributed by atoms with E-state index >= 15 is 0 Å². The summed E-state index contributed by atoms with van der Waals surface area (Å²) in [6.07, 6.45) is 1.58. The van der Waals surface area contributed by atoms with Crippen LogP contribution in [-0.4, -0.2) is 16.3 Å². The van der Waals surface area contributed by atoms with Gasteiger partial charge in [-0.15, -0.1) is 0 Å². The Morgan fingerprint density at radius 2 is 2.00 bits per heavy atom. The van der Waals surface area contributed by atoms with Gasteiger partial charge in [0.2, 0.25) is 0 Å². The Hall–Kier alpha value is -2.62. The second-order valence-corrected chi connectivity index (χ2v) is 5.31. The van der Waals surface area contributed by atoms with E-state index in [4.69, 9.17) is 4.74 Å². The lowest BCUT2D eigenvalue weighted by Crippen LogP contribution is -2.28. The van der Waals surface area contributed by atoms with Crippen molar-refractivity contribution >= 4 is 10.8 Å². The molecule has 2 aromatic carbocycles. The summed E-state index contributed by atoms with van der Waals surface area (Å²) >= 11 is 0. The van der Waals surface area contributed by atoms with Crippen LogP contribution in [0.2, 0.25) is 0 Å². The Kier molecular flexibility index (Phi) is 2.74. The van der Waals surface area contributed by atoms with Gasteiger partial charge in [-0.1, -0.05) is 36.4 Å². The van der Waals surface area contributed by atoms with Gasteiger partial charge >= 0.3 is 0 Å². The van der Waals surface area contributed by atoms with Gasteiger partial charge in [0.05, 0.1) is 16.5 Å². The lowest BCUT2D eigenvalue weighted by molar-refractivity contribution is 0.196. The highest BCUT2D eigenvalue weighted by atomic mass is 16.5. The van der Waals surface area contributed by atoms with Crippen molar-refractivity contribution in [3.63, 3.8) is 0 Å². The van der Waals surface area contributed by atoms with E-state index in [2.05, 4.69) is 22.3 Å². The third-order valence-corrected chi connectivity index (χ3v) is 3.87. The van der Waals surface area contributed by atoms with Gasteiger partial charge in [-0.2, -0.15) is 5.10 Å². The summed E-state index contributed by atoms with van der Waals surface area (Å²) < 4.78 is 6.07. The van der Waals surface area contributed by atoms with Gasteiger partial charge in [-0.25, -0.2) is 5.10 Å². The van der Waals surface area contributed by atoms with Crippen LogP contribution in [0.15, 0.2) is 53.3 Å². The van der Waals surface area contributed by atoms with Crippen molar-refractivity contribution < 1.29 is 4.74 Å². The summed E-state index contributed by atoms with van der Waals surface area (Å²) in [5.74, 6) is 0.758. The Labute approximate surface area is 121 Å². The lowest BCUT2D eigenvalue weighted by atomic mass is 9.98. The molecule has 1 atom stereocenters. The Bertz CT molecular complexity index is 843. The molecule has 1 unspecified atom stereocenters. The zero-order valence-corrected chi connectivity index (χ0v) is 11.4. The van der Waals surface area contributed by atoms with Gasteiger partial charge in [0.25, 0.3) is 5.56 Å². The number of hydrogen-bond acceptors (Lipinski definition) is 3. The topological polar surface area (TPSA) is 55.0 Å². The standard InChI is InChI=1S/C17H14N2O2/c20-17-13-7-4-8-15-16(13)14(18-19-17)10-12(21-15)9-11-5-2-1-3-6-11/h1-8,12H,9-10H2,(H,19,20). The first kappa shape index (κ1) is 12.1. The zero-order chi connectivity index (χ0) is 14.2. The molecule has 1 aliphatic heterocycles. The molecular weight excluding hydrogens is 264 g/mol. The Balaban J connectivity index is 1.73. The molecule has 3 aromatic rings. The Morgan fingerprint density at radius 1 is 1.14 bits per heavy atom. The minimum atomic E-state index is -0.166. The van der Waals surface area contributed by atoms with Crippen LogP contribution in [-0.2, 0) is 12.8 Å². The molecule has 0 amide bonds. The monoisotopic (exact) mass is 278 g/mol. The molecule has 0 saturated carbocycles. The fourth-order valence-electron chi connectivity index (χ4n) is 2.93. The minimum absolute atomic E-state index is 0.0453. The second kappa shape index (κ2) is 4.74. The number of hydrogen-bond donors (Lipinski definition) is 1. The average molecular weight is 278 g/mol. The van der Waals surface area contributed by atoms with Gasteiger partial charge in [-0.3, -0.25) is 4.79 Å². The number of ether oxygens (including phenoxy) is 1. The van der Waals surface area contributed by atoms with Gasteiger partial charge in [0.15, 0.2) is 0 Å². The van der Waals surface area contributed by atoms with Crippen LogP contribution in [0.3, 0.4) is 0 Å². The van der Waals surface area contributed by atoms with Crippen molar-refractivity contribution in [1.82, 2.24) is 10.2 Å². The summed E-state index contributed by atoms with van der Waals surface area (Å²) in [5, 5.41) is 8.29. The molecule has 1 N–H and O–H groups in total. The van der Waals surface area contributed by atoms with E-state index in [-0.39, 0.29) is 11.7 Å². The number of rotatable bonds is 2. The molecule has 1 aliphatic rings. The highest BCUT2D eigenvalue weighted by Gasteiger charge is 2.24. The van der Waals surface area contributed by atoms with Crippen LogP contribution < -0.4 is 10.3 Å². The maximum absolute atomic E-state index is 11.8. The van der Waals surface area contributed by atoms with E-state index in [1.165, 1.54) is 5.56 Å². The Morgan fingerprint density at radius 3 is 2.86 bits per heavy atom. The molecule has 1 aromatic heterocycles. The van der Waals surface area contributed by atoms with Crippen LogP contribution >= 0.6 is 0 Å². The predicted molar refractivity (Wildman–Crippen MR) is 80.6 cm³/mol. The van der Waals surface area contributed by atoms with E-state index in [0.29, 0.717) is 11.8 Å². The minimum Gasteiger partial charge on any atom is -0.489 e. The summed E-state index contributed by atoms with van der Waals surface area (Å²) in [7, 11) is 0. The first-order chi connectivity index (χ1) is 10.3. The number of nitrogens with one attached hydrogen (secondary N) is 1. The number of H-pyrrole nitrogens is 1. The summed E-state index contributed by atoms with van der Waals surface area (Å²) in [6, 6.07) is 15.8. The van der Waals surface area contributed by atoms with Gasteiger partial charge in [-0.05, 0) is 17.7 Å². The third-order valence-electron chi connectivity index (χ3n) is 3.87. The maximum Gasteiger partial charge on any atom is 0.272 e. The number of benzene rings is 2. The fraction of sp³-hybridized carbons (Fsp3) is 0.176. The molecule has 0 fully saturated rings. The molecule has 0 radical (unpaired) electrons. The van der Waals surface area contributed by atoms with E-state index in [0.717, 1.165) is 23.3 Å². The molecule has 4 rings (SSSR count). The third kappa shape index (κ3) is 2.09. The highest BCUT2D eigenvalue weighted by molar-refractivity contribution is 5.90. The zero-order valence-electron chi connectivity index (χ0n) is 11.4. The summed E-state index contributed by atoms with van der Waals surface area (Å²) in [6.45, 7) is 0. The first-order valence-electron chi connectivity index (χ1n) is 7.02. The summed E-state index contributed by atoms with van der Waals surface area (Å²) in [5.41, 5.74) is 1.98. The number of aromatic nitrogens is 2. The fourth-order valence-corrected chi connectivity index (χ4v) is 2.93. The normalized spacial score (nSPS) is 16.7. The van der Waals surface area contributed by atoms with Crippen molar-refractivity contribution in [3.05, 3.63) is 70.1 Å². The van der Waals surface area contributed by atoms with Crippen molar-refractivity contribution in [1.29, 1.82) is 0 Å². The van der Waals surface area contributed by atoms with E-state index < -0.39 is 0 Å². The largest absolute Gasteiger partial charge is 0.489 e. The van der Waals surface area contributed by atoms with Crippen LogP contribution in [0.1, 0.15) is 11.3 Å². The summed E-state index contributed by atoms with van der Waals surface area (Å²) in [4.78, 5) is 11.8. The van der Waals surface area contributed by atoms with Crippen LogP contribution in [0.4, 0.5) is 0 Å². The first-order valence-corrected chi connectivity index (χ1v) is 7.02. The van der Waals surface area contributed by atoms with Crippen LogP contribution in [0, 0.1) is 0 Å². The van der Waals surface area contributed by atoms with Crippen molar-refractivity contribution in [2.75, 3.05) is 0 Å². The number of aromatic amines is 1. The molecular formula is C17H14N2O2. The molecule has 21 heavy (non-hydrogen) atoms. The van der Waals surface area contributed by atoms with E-state index in [1.807, 2.05) is 36.4 Å². The van der Waals surface area contributed by atoms with E-state index in [1.54, 1.807) is 0 Å². The predicted octanol–water partition coefficient (Wildman–Crippen LogP) is 2.47. The van der Waals surface area contributed by atoms with Crippen LogP contribution in [0.25, 0.3) is 10.8 Å². The quantitative estimate of drug-likeness (QED) is 0.783. The highest BCUT2D eigenvalue weighted by Crippen LogP contribution is 2.32. The average Bonchev–Trinajstić information content (AvgIpc) is 2.52. The number of nitrogens with zero attached hydrogens (tertiary/aromatic N) is 1.